The third kappa shape index (κ3) is 1.11. The van der Waals surface area contributed by atoms with E-state index in [-0.39, 0.29) is 5.82 Å². The lowest BCUT2D eigenvalue weighted by Gasteiger charge is -2.06. The van der Waals surface area contributed by atoms with Crippen molar-refractivity contribution in [3.05, 3.63) is 23.6 Å². The Morgan fingerprint density at radius 1 is 1.29 bits per heavy atom. The Bertz CT molecular complexity index is 518. The van der Waals surface area contributed by atoms with Gasteiger partial charge in [0.05, 0.1) is 0 Å². The molecule has 2 rings (SSSR count). The predicted octanol–water partition coefficient (Wildman–Crippen LogP) is -2.00. The normalized spacial score (nSPS) is 11.0. The average molecular weight is 185 g/mol. The van der Waals surface area contributed by atoms with Crippen molar-refractivity contribution < 1.29 is 4.39 Å². The molecule has 0 aliphatic rings. The Kier molecular flexibility index (Phi) is 1.98. The van der Waals surface area contributed by atoms with Gasteiger partial charge in [0, 0.05) is 5.52 Å². The van der Waals surface area contributed by atoms with E-state index in [1.807, 2.05) is 34.3 Å². The summed E-state index contributed by atoms with van der Waals surface area (Å²) in [6.45, 7) is 2.06. The second-order valence-corrected chi connectivity index (χ2v) is 3.93. The molecule has 0 radical (unpaired) electrons. The van der Waals surface area contributed by atoms with E-state index in [1.54, 1.807) is 6.07 Å². The Hall–Kier alpha value is -1.12. The summed E-state index contributed by atoms with van der Waals surface area (Å²) in [4.78, 5) is 0. The van der Waals surface area contributed by atoms with Gasteiger partial charge in [-0.05, 0) is 30.1 Å². The minimum atomic E-state index is -0.115. The molecule has 0 aliphatic carbocycles. The molecule has 0 fully saturated rings. The van der Waals surface area contributed by atoms with E-state index in [9.17, 15) is 4.39 Å². The summed E-state index contributed by atoms with van der Waals surface area (Å²) in [6.07, 6.45) is 2.04. The summed E-state index contributed by atoms with van der Waals surface area (Å²) in [7, 11) is 5.76. The van der Waals surface area contributed by atoms with Crippen molar-refractivity contribution in [2.24, 2.45) is 0 Å². The molecule has 0 unspecified atom stereocenters. The fraction of sp³-hybridized carbons (Fsp3) is 0.111. The van der Waals surface area contributed by atoms with E-state index in [0.717, 1.165) is 16.4 Å². The maximum atomic E-state index is 13.5. The van der Waals surface area contributed by atoms with Gasteiger partial charge >= 0.3 is 0 Å². The van der Waals surface area contributed by atoms with Gasteiger partial charge in [-0.3, -0.25) is 0 Å². The number of rotatable bonds is 0. The highest BCUT2D eigenvalue weighted by Gasteiger charge is 2.10. The lowest BCUT2D eigenvalue weighted by Crippen LogP contribution is -2.29. The number of nitrogens with zero attached hydrogens (tertiary/aromatic N) is 1. The monoisotopic (exact) mass is 185 g/mol. The molecule has 0 N–H and O–H groups in total. The fourth-order valence-electron chi connectivity index (χ4n) is 2.06. The molecule has 0 bridgehead atoms. The van der Waals surface area contributed by atoms with Crippen LogP contribution in [0.4, 0.5) is 4.39 Å². The molecule has 0 aliphatic heterocycles. The molecule has 0 saturated heterocycles. The molecule has 5 heteroatoms. The second-order valence-electron chi connectivity index (χ2n) is 3.93. The van der Waals surface area contributed by atoms with E-state index in [4.69, 9.17) is 0 Å². The summed E-state index contributed by atoms with van der Waals surface area (Å²) in [5, 5.41) is 1.19. The molecule has 0 spiro atoms. The van der Waals surface area contributed by atoms with E-state index in [2.05, 4.69) is 6.92 Å². The van der Waals surface area contributed by atoms with Crippen LogP contribution >= 0.6 is 0 Å². The van der Waals surface area contributed by atoms with Crippen LogP contribution in [0, 0.1) is 12.7 Å². The number of hydrogen-bond acceptors (Lipinski definition) is 0. The van der Waals surface area contributed by atoms with Crippen LogP contribution in [0.5, 0.6) is 0 Å². The Morgan fingerprint density at radius 3 is 2.57 bits per heavy atom. The maximum absolute atomic E-state index is 13.5. The minimum absolute atomic E-state index is 0.115. The Morgan fingerprint density at radius 2 is 1.93 bits per heavy atom. The standard InChI is InChI=1S/C9H11B3FN/c1-4-3-14(12)6-2-5(13)8(10)9(11)7(4)6/h2-3H,10-12H2,1H3. The van der Waals surface area contributed by atoms with Crippen LogP contribution in [-0.4, -0.2) is 28.2 Å². The SMILES string of the molecule is Bc1c(F)cc2c(c(C)cn2B)c1B. The van der Waals surface area contributed by atoms with Crippen LogP contribution in [0.1, 0.15) is 5.56 Å². The number of halogens is 1. The zero-order valence-corrected chi connectivity index (χ0v) is 8.98. The lowest BCUT2D eigenvalue weighted by atomic mass is 9.77. The summed E-state index contributed by atoms with van der Waals surface area (Å²) >= 11 is 0. The lowest BCUT2D eigenvalue weighted by molar-refractivity contribution is 0.638. The molecule has 1 aromatic heterocycles. The maximum Gasteiger partial charge on any atom is 0.223 e. The molecule has 0 atom stereocenters. The highest BCUT2D eigenvalue weighted by atomic mass is 19.1. The van der Waals surface area contributed by atoms with Crippen molar-refractivity contribution in [2.45, 2.75) is 6.92 Å². The minimum Gasteiger partial charge on any atom is -0.399 e. The zero-order valence-electron chi connectivity index (χ0n) is 8.98. The summed E-state index contributed by atoms with van der Waals surface area (Å²) < 4.78 is 15.5. The smallest absolute Gasteiger partial charge is 0.223 e. The molecule has 2 aromatic rings. The zero-order chi connectivity index (χ0) is 10.5. The topological polar surface area (TPSA) is 4.93 Å². The molecular formula is C9H11B3FN. The molecule has 0 saturated carbocycles. The number of benzene rings is 1. The first kappa shape index (κ1) is 9.44. The van der Waals surface area contributed by atoms with Crippen LogP contribution in [0.15, 0.2) is 12.3 Å². The number of fused-ring (bicyclic) bond motifs is 1. The molecule has 1 aromatic carbocycles. The van der Waals surface area contributed by atoms with E-state index in [1.165, 1.54) is 10.9 Å². The van der Waals surface area contributed by atoms with Gasteiger partial charge in [0.25, 0.3) is 0 Å². The van der Waals surface area contributed by atoms with Crippen molar-refractivity contribution in [1.29, 1.82) is 0 Å². The second kappa shape index (κ2) is 2.94. The first-order valence-electron chi connectivity index (χ1n) is 4.73. The molecule has 68 valence electrons. The van der Waals surface area contributed by atoms with Gasteiger partial charge in [-0.2, -0.15) is 0 Å². The molecule has 1 heterocycles. The fourth-order valence-corrected chi connectivity index (χ4v) is 2.06. The highest BCUT2D eigenvalue weighted by Crippen LogP contribution is 2.17. The molecular weight excluding hydrogens is 174 g/mol. The average Bonchev–Trinajstić information content (AvgIpc) is 2.38. The van der Waals surface area contributed by atoms with Crippen LogP contribution in [-0.2, 0) is 0 Å². The molecule has 0 amide bonds. The van der Waals surface area contributed by atoms with Gasteiger partial charge in [0.15, 0.2) is 0 Å². The van der Waals surface area contributed by atoms with Gasteiger partial charge in [-0.1, -0.05) is 10.9 Å². The summed E-state index contributed by atoms with van der Waals surface area (Å²) in [6, 6.07) is 1.62. The molecule has 14 heavy (non-hydrogen) atoms. The van der Waals surface area contributed by atoms with Gasteiger partial charge in [-0.25, -0.2) is 4.39 Å². The van der Waals surface area contributed by atoms with E-state index >= 15 is 0 Å². The quantitative estimate of drug-likeness (QED) is 0.418. The predicted molar refractivity (Wildman–Crippen MR) is 66.9 cm³/mol. The third-order valence-corrected chi connectivity index (χ3v) is 2.98. The van der Waals surface area contributed by atoms with Crippen LogP contribution in [0.25, 0.3) is 10.9 Å². The van der Waals surface area contributed by atoms with E-state index in [0.29, 0.717) is 0 Å². The van der Waals surface area contributed by atoms with Crippen LogP contribution < -0.4 is 10.9 Å². The van der Waals surface area contributed by atoms with Crippen molar-refractivity contribution in [1.82, 2.24) is 4.48 Å². The number of aromatic nitrogens is 1. The van der Waals surface area contributed by atoms with Gasteiger partial charge < -0.3 is 4.48 Å². The molecule has 1 nitrogen and oxygen atoms in total. The van der Waals surface area contributed by atoms with Crippen LogP contribution in [0.3, 0.4) is 0 Å². The largest absolute Gasteiger partial charge is 0.399 e. The van der Waals surface area contributed by atoms with Gasteiger partial charge in [0.1, 0.15) is 21.5 Å². The first-order chi connectivity index (χ1) is 6.52. The third-order valence-electron chi connectivity index (χ3n) is 2.98. The van der Waals surface area contributed by atoms with Crippen molar-refractivity contribution in [3.8, 4) is 0 Å². The summed E-state index contributed by atoms with van der Waals surface area (Å²) in [5.41, 5.74) is 4.00. The van der Waals surface area contributed by atoms with Crippen molar-refractivity contribution >= 4 is 45.5 Å². The highest BCUT2D eigenvalue weighted by molar-refractivity contribution is 6.53. The van der Waals surface area contributed by atoms with Crippen molar-refractivity contribution in [2.75, 3.05) is 0 Å². The van der Waals surface area contributed by atoms with Crippen molar-refractivity contribution in [3.63, 3.8) is 0 Å². The van der Waals surface area contributed by atoms with E-state index < -0.39 is 0 Å². The summed E-state index contributed by atoms with van der Waals surface area (Å²) in [5.74, 6) is -0.115. The van der Waals surface area contributed by atoms with Gasteiger partial charge in [0.2, 0.25) is 7.98 Å². The first-order valence-corrected chi connectivity index (χ1v) is 4.73. The van der Waals surface area contributed by atoms with Gasteiger partial charge in [-0.15, -0.1) is 0 Å². The number of hydrogen-bond donors (Lipinski definition) is 0. The number of aryl methyl sites for hydroxylation is 1. The van der Waals surface area contributed by atoms with Crippen LogP contribution in [0.2, 0.25) is 0 Å². The Labute approximate surface area is 85.5 Å². The Balaban J connectivity index is 3.01.